The maximum atomic E-state index is 12.7. The van der Waals surface area contributed by atoms with Crippen LogP contribution in [-0.2, 0) is 0 Å². The van der Waals surface area contributed by atoms with Crippen molar-refractivity contribution in [2.75, 3.05) is 0 Å². The number of fused-ring (bicyclic) bond motifs is 2. The van der Waals surface area contributed by atoms with E-state index in [-0.39, 0.29) is 26.7 Å². The number of halogens is 2. The third kappa shape index (κ3) is 2.53. The highest BCUT2D eigenvalue weighted by atomic mass is 35.5. The van der Waals surface area contributed by atoms with Crippen LogP contribution in [-0.4, -0.2) is 11.6 Å². The molecule has 0 saturated carbocycles. The van der Waals surface area contributed by atoms with E-state index >= 15 is 0 Å². The molecule has 2 aromatic heterocycles. The summed E-state index contributed by atoms with van der Waals surface area (Å²) in [6.07, 6.45) is 1.40. The molecule has 6 heteroatoms. The van der Waals surface area contributed by atoms with E-state index in [1.165, 1.54) is 18.2 Å². The normalized spacial score (nSPS) is 13.4. The zero-order valence-electron chi connectivity index (χ0n) is 14.2. The molecular formula is C22H10Cl2O4. The molecule has 2 heterocycles. The summed E-state index contributed by atoms with van der Waals surface area (Å²) in [5.74, 6) is 0.0774. The first kappa shape index (κ1) is 17.0. The fourth-order valence-electron chi connectivity index (χ4n) is 3.31. The highest BCUT2D eigenvalue weighted by Crippen LogP contribution is 2.38. The molecule has 4 aromatic rings. The smallest absolute Gasteiger partial charge is 0.199 e. The summed E-state index contributed by atoms with van der Waals surface area (Å²) in [6.45, 7) is 0. The van der Waals surface area contributed by atoms with Crippen LogP contribution in [0.15, 0.2) is 69.0 Å². The number of carbonyl (C=O) groups excluding carboxylic acids is 2. The SMILES string of the molecule is O=C1C(=Cc2cc3oc(-c4ccccc4)cc3o2)C(=O)c2c(Cl)ccc(Cl)c21. The average molecular weight is 409 g/mol. The Balaban J connectivity index is 1.55. The van der Waals surface area contributed by atoms with Crippen molar-refractivity contribution < 1.29 is 18.4 Å². The maximum absolute atomic E-state index is 12.7. The number of furan rings is 2. The Kier molecular flexibility index (Phi) is 3.79. The molecule has 28 heavy (non-hydrogen) atoms. The van der Waals surface area contributed by atoms with Gasteiger partial charge in [-0.15, -0.1) is 0 Å². The van der Waals surface area contributed by atoms with Crippen LogP contribution in [0, 0.1) is 0 Å². The van der Waals surface area contributed by atoms with Crippen LogP contribution in [0.25, 0.3) is 28.6 Å². The summed E-state index contributed by atoms with van der Waals surface area (Å²) in [7, 11) is 0. The lowest BCUT2D eigenvalue weighted by atomic mass is 10.1. The predicted molar refractivity (Wildman–Crippen MR) is 107 cm³/mol. The van der Waals surface area contributed by atoms with E-state index in [9.17, 15) is 9.59 Å². The molecule has 136 valence electrons. The first-order valence-electron chi connectivity index (χ1n) is 8.41. The molecule has 0 unspecified atom stereocenters. The molecule has 2 aromatic carbocycles. The van der Waals surface area contributed by atoms with Gasteiger partial charge in [0.2, 0.25) is 0 Å². The Morgan fingerprint density at radius 2 is 1.36 bits per heavy atom. The molecule has 0 atom stereocenters. The van der Waals surface area contributed by atoms with Gasteiger partial charge in [0.25, 0.3) is 0 Å². The lowest BCUT2D eigenvalue weighted by Crippen LogP contribution is -2.00. The van der Waals surface area contributed by atoms with Crippen molar-refractivity contribution in [3.8, 4) is 11.3 Å². The van der Waals surface area contributed by atoms with Crippen LogP contribution in [0.5, 0.6) is 0 Å². The standard InChI is InChI=1S/C22H10Cl2O4/c23-14-6-7-15(24)20-19(14)21(25)13(22(20)26)8-12-9-17-18(27-12)10-16(28-17)11-4-2-1-3-5-11/h1-10H. The van der Waals surface area contributed by atoms with Crippen LogP contribution < -0.4 is 0 Å². The molecule has 4 nitrogen and oxygen atoms in total. The Morgan fingerprint density at radius 3 is 1.96 bits per heavy atom. The summed E-state index contributed by atoms with van der Waals surface area (Å²) < 4.78 is 11.6. The number of hydrogen-bond donors (Lipinski definition) is 0. The van der Waals surface area contributed by atoms with Crippen molar-refractivity contribution in [3.05, 3.63) is 87.1 Å². The molecular weight excluding hydrogens is 399 g/mol. The van der Waals surface area contributed by atoms with Gasteiger partial charge in [0.15, 0.2) is 22.7 Å². The molecule has 0 N–H and O–H groups in total. The maximum Gasteiger partial charge on any atom is 0.199 e. The number of Topliss-reactive ketones (excluding diaryl/α,β-unsaturated/α-hetero) is 2. The minimum absolute atomic E-state index is 0.0373. The third-order valence-electron chi connectivity index (χ3n) is 4.62. The summed E-state index contributed by atoms with van der Waals surface area (Å²) >= 11 is 12.2. The highest BCUT2D eigenvalue weighted by Gasteiger charge is 2.37. The quantitative estimate of drug-likeness (QED) is 0.282. The second-order valence-electron chi connectivity index (χ2n) is 6.35. The molecule has 0 bridgehead atoms. The van der Waals surface area contributed by atoms with Gasteiger partial charge >= 0.3 is 0 Å². The number of carbonyl (C=O) groups is 2. The van der Waals surface area contributed by atoms with Crippen LogP contribution in [0.1, 0.15) is 26.5 Å². The number of benzene rings is 2. The number of ketones is 2. The van der Waals surface area contributed by atoms with E-state index < -0.39 is 11.6 Å². The summed E-state index contributed by atoms with van der Waals surface area (Å²) in [5, 5.41) is 0.392. The van der Waals surface area contributed by atoms with E-state index in [0.29, 0.717) is 22.7 Å². The van der Waals surface area contributed by atoms with Crippen molar-refractivity contribution >= 4 is 52.0 Å². The minimum atomic E-state index is -0.467. The fourth-order valence-corrected chi connectivity index (χ4v) is 3.80. The average Bonchev–Trinajstić information content (AvgIpc) is 3.32. The summed E-state index contributed by atoms with van der Waals surface area (Å²) in [5.41, 5.74) is 2.20. The van der Waals surface area contributed by atoms with Crippen LogP contribution in [0.4, 0.5) is 0 Å². The van der Waals surface area contributed by atoms with E-state index in [2.05, 4.69) is 0 Å². The van der Waals surface area contributed by atoms with Gasteiger partial charge in [-0.2, -0.15) is 0 Å². The number of allylic oxidation sites excluding steroid dienone is 1. The molecule has 1 aliphatic rings. The molecule has 1 aliphatic carbocycles. The summed E-state index contributed by atoms with van der Waals surface area (Å²) in [4.78, 5) is 25.4. The second kappa shape index (κ2) is 6.23. The third-order valence-corrected chi connectivity index (χ3v) is 5.25. The van der Waals surface area contributed by atoms with Gasteiger partial charge in [-0.05, 0) is 18.2 Å². The Bertz CT molecular complexity index is 1230. The van der Waals surface area contributed by atoms with Crippen molar-refractivity contribution in [2.45, 2.75) is 0 Å². The van der Waals surface area contributed by atoms with E-state index in [1.54, 1.807) is 12.1 Å². The first-order chi connectivity index (χ1) is 13.5. The molecule has 5 rings (SSSR count). The van der Waals surface area contributed by atoms with E-state index in [4.69, 9.17) is 32.0 Å². The van der Waals surface area contributed by atoms with Gasteiger partial charge in [-0.3, -0.25) is 9.59 Å². The van der Waals surface area contributed by atoms with Crippen molar-refractivity contribution in [1.29, 1.82) is 0 Å². The van der Waals surface area contributed by atoms with Crippen molar-refractivity contribution in [1.82, 2.24) is 0 Å². The zero-order valence-corrected chi connectivity index (χ0v) is 15.7. The van der Waals surface area contributed by atoms with Gasteiger partial charge in [0.1, 0.15) is 11.5 Å². The predicted octanol–water partition coefficient (Wildman–Crippen LogP) is 6.46. The lowest BCUT2D eigenvalue weighted by molar-refractivity contribution is 0.0990. The largest absolute Gasteiger partial charge is 0.453 e. The highest BCUT2D eigenvalue weighted by molar-refractivity contribution is 6.49. The van der Waals surface area contributed by atoms with Crippen molar-refractivity contribution in [2.24, 2.45) is 0 Å². The summed E-state index contributed by atoms with van der Waals surface area (Å²) in [6, 6.07) is 16.0. The van der Waals surface area contributed by atoms with Crippen LogP contribution >= 0.6 is 23.2 Å². The fraction of sp³-hybridized carbons (Fsp3) is 0. The molecule has 0 aliphatic heterocycles. The molecule has 0 amide bonds. The lowest BCUT2D eigenvalue weighted by Gasteiger charge is -2.00. The topological polar surface area (TPSA) is 60.4 Å². The van der Waals surface area contributed by atoms with Crippen LogP contribution in [0.3, 0.4) is 0 Å². The van der Waals surface area contributed by atoms with Gasteiger partial charge in [0.05, 0.1) is 26.7 Å². The van der Waals surface area contributed by atoms with Crippen LogP contribution in [0.2, 0.25) is 10.0 Å². The Morgan fingerprint density at radius 1 is 0.750 bits per heavy atom. The molecule has 0 spiro atoms. The second-order valence-corrected chi connectivity index (χ2v) is 7.16. The Hall–Kier alpha value is -3.08. The monoisotopic (exact) mass is 408 g/mol. The number of rotatable bonds is 2. The van der Waals surface area contributed by atoms with Gasteiger partial charge in [-0.1, -0.05) is 53.5 Å². The number of hydrogen-bond acceptors (Lipinski definition) is 4. The zero-order chi connectivity index (χ0) is 19.4. The molecule has 0 radical (unpaired) electrons. The minimum Gasteiger partial charge on any atom is -0.453 e. The van der Waals surface area contributed by atoms with Gasteiger partial charge in [0, 0.05) is 17.7 Å². The van der Waals surface area contributed by atoms with E-state index in [0.717, 1.165) is 5.56 Å². The van der Waals surface area contributed by atoms with Crippen molar-refractivity contribution in [3.63, 3.8) is 0 Å². The molecule has 0 fully saturated rings. The molecule has 0 saturated heterocycles. The van der Waals surface area contributed by atoms with Gasteiger partial charge < -0.3 is 8.83 Å². The van der Waals surface area contributed by atoms with E-state index in [1.807, 2.05) is 30.3 Å². The Labute approximate surface area is 169 Å². The first-order valence-corrected chi connectivity index (χ1v) is 9.16. The van der Waals surface area contributed by atoms with Gasteiger partial charge in [-0.25, -0.2) is 0 Å².